The second kappa shape index (κ2) is 6.88. The lowest BCUT2D eigenvalue weighted by Gasteiger charge is -2.40. The monoisotopic (exact) mass is 295 g/mol. The van der Waals surface area contributed by atoms with Gasteiger partial charge >= 0.3 is 0 Å². The predicted octanol–water partition coefficient (Wildman–Crippen LogP) is 3.47. The van der Waals surface area contributed by atoms with Gasteiger partial charge in [-0.05, 0) is 31.1 Å². The van der Waals surface area contributed by atoms with Crippen molar-refractivity contribution in [2.75, 3.05) is 7.11 Å². The molecule has 0 spiro atoms. The first kappa shape index (κ1) is 16.4. The van der Waals surface area contributed by atoms with Crippen LogP contribution in [0.4, 0.5) is 0 Å². The SMILES string of the molecule is COC(C)c1noc(CNC2CCCCC2C(C)(C)C)n1. The van der Waals surface area contributed by atoms with Crippen LogP contribution in [0.3, 0.4) is 0 Å². The zero-order chi connectivity index (χ0) is 15.5. The molecular formula is C16H29N3O2. The predicted molar refractivity (Wildman–Crippen MR) is 81.8 cm³/mol. The molecule has 1 heterocycles. The second-order valence-corrected chi connectivity index (χ2v) is 7.17. The van der Waals surface area contributed by atoms with Crippen LogP contribution in [0.5, 0.6) is 0 Å². The second-order valence-electron chi connectivity index (χ2n) is 7.17. The average Bonchev–Trinajstić information content (AvgIpc) is 2.92. The maximum absolute atomic E-state index is 5.30. The van der Waals surface area contributed by atoms with Crippen LogP contribution < -0.4 is 5.32 Å². The fourth-order valence-electron chi connectivity index (χ4n) is 3.24. The lowest BCUT2D eigenvalue weighted by atomic mass is 9.69. The Labute approximate surface area is 127 Å². The molecule has 0 bridgehead atoms. The molecule has 5 nitrogen and oxygen atoms in total. The molecule has 1 aromatic rings. The van der Waals surface area contributed by atoms with Gasteiger partial charge in [0.05, 0.1) is 6.54 Å². The smallest absolute Gasteiger partial charge is 0.240 e. The Hall–Kier alpha value is -0.940. The number of hydrogen-bond donors (Lipinski definition) is 1. The summed E-state index contributed by atoms with van der Waals surface area (Å²) < 4.78 is 10.5. The summed E-state index contributed by atoms with van der Waals surface area (Å²) in [5.41, 5.74) is 0.336. The number of ether oxygens (including phenoxy) is 1. The number of rotatable bonds is 5. The third-order valence-corrected chi connectivity index (χ3v) is 4.59. The first-order chi connectivity index (χ1) is 9.91. The maximum Gasteiger partial charge on any atom is 0.240 e. The van der Waals surface area contributed by atoms with Crippen molar-refractivity contribution in [3.8, 4) is 0 Å². The standard InChI is InChI=1S/C16H29N3O2/c1-11(20-5)15-18-14(21-19-15)10-17-13-9-7-6-8-12(13)16(2,3)4/h11-13,17H,6-10H2,1-5H3. The minimum atomic E-state index is -0.125. The number of aromatic nitrogens is 2. The average molecular weight is 295 g/mol. The molecule has 1 N–H and O–H groups in total. The van der Waals surface area contributed by atoms with Crippen molar-refractivity contribution >= 4 is 0 Å². The third-order valence-electron chi connectivity index (χ3n) is 4.59. The zero-order valence-electron chi connectivity index (χ0n) is 14.0. The number of nitrogens with zero attached hydrogens (tertiary/aromatic N) is 2. The maximum atomic E-state index is 5.30. The molecule has 3 atom stereocenters. The summed E-state index contributed by atoms with van der Waals surface area (Å²) in [7, 11) is 1.65. The highest BCUT2D eigenvalue weighted by Crippen LogP contribution is 2.38. The fraction of sp³-hybridized carbons (Fsp3) is 0.875. The molecule has 2 rings (SSSR count). The fourth-order valence-corrected chi connectivity index (χ4v) is 3.24. The molecular weight excluding hydrogens is 266 g/mol. The Morgan fingerprint density at radius 1 is 1.33 bits per heavy atom. The van der Waals surface area contributed by atoms with E-state index in [0.29, 0.717) is 35.6 Å². The van der Waals surface area contributed by atoms with Crippen LogP contribution in [-0.2, 0) is 11.3 Å². The first-order valence-corrected chi connectivity index (χ1v) is 8.00. The molecule has 3 unspecified atom stereocenters. The van der Waals surface area contributed by atoms with Gasteiger partial charge in [0.2, 0.25) is 5.89 Å². The van der Waals surface area contributed by atoms with E-state index in [2.05, 4.69) is 36.2 Å². The highest BCUT2D eigenvalue weighted by molar-refractivity contribution is 4.92. The van der Waals surface area contributed by atoms with Crippen LogP contribution in [0, 0.1) is 11.3 Å². The summed E-state index contributed by atoms with van der Waals surface area (Å²) in [6, 6.07) is 0.536. The van der Waals surface area contributed by atoms with Gasteiger partial charge < -0.3 is 14.6 Å². The van der Waals surface area contributed by atoms with Gasteiger partial charge in [-0.1, -0.05) is 38.8 Å². The molecule has 1 aromatic heterocycles. The molecule has 1 fully saturated rings. The highest BCUT2D eigenvalue weighted by Gasteiger charge is 2.33. The topological polar surface area (TPSA) is 60.2 Å². The van der Waals surface area contributed by atoms with Crippen molar-refractivity contribution in [1.29, 1.82) is 0 Å². The van der Waals surface area contributed by atoms with Gasteiger partial charge in [0.1, 0.15) is 6.10 Å². The Morgan fingerprint density at radius 2 is 2.05 bits per heavy atom. The molecule has 0 aromatic carbocycles. The molecule has 5 heteroatoms. The van der Waals surface area contributed by atoms with Crippen molar-refractivity contribution in [2.24, 2.45) is 11.3 Å². The largest absolute Gasteiger partial charge is 0.374 e. The van der Waals surface area contributed by atoms with E-state index in [-0.39, 0.29) is 6.10 Å². The van der Waals surface area contributed by atoms with Gasteiger partial charge in [-0.3, -0.25) is 0 Å². The number of methoxy groups -OCH3 is 1. The van der Waals surface area contributed by atoms with E-state index in [9.17, 15) is 0 Å². The van der Waals surface area contributed by atoms with E-state index in [4.69, 9.17) is 9.26 Å². The quantitative estimate of drug-likeness (QED) is 0.901. The Kier molecular flexibility index (Phi) is 5.38. The van der Waals surface area contributed by atoms with E-state index in [1.165, 1.54) is 25.7 Å². The van der Waals surface area contributed by atoms with Gasteiger partial charge in [-0.15, -0.1) is 0 Å². The molecule has 0 aliphatic heterocycles. The summed E-state index contributed by atoms with van der Waals surface area (Å²) in [6.07, 6.45) is 5.06. The molecule has 21 heavy (non-hydrogen) atoms. The van der Waals surface area contributed by atoms with E-state index in [1.54, 1.807) is 7.11 Å². The van der Waals surface area contributed by atoms with E-state index in [1.807, 2.05) is 6.92 Å². The summed E-state index contributed by atoms with van der Waals surface area (Å²) >= 11 is 0. The summed E-state index contributed by atoms with van der Waals surface area (Å²) in [4.78, 5) is 4.39. The van der Waals surface area contributed by atoms with E-state index < -0.39 is 0 Å². The first-order valence-electron chi connectivity index (χ1n) is 8.00. The van der Waals surface area contributed by atoms with E-state index >= 15 is 0 Å². The molecule has 1 aliphatic rings. The molecule has 1 saturated carbocycles. The molecule has 0 radical (unpaired) electrons. The van der Waals surface area contributed by atoms with Crippen molar-refractivity contribution < 1.29 is 9.26 Å². The normalized spacial score (nSPS) is 25.0. The minimum Gasteiger partial charge on any atom is -0.374 e. The van der Waals surface area contributed by atoms with Crippen LogP contribution in [0.15, 0.2) is 4.52 Å². The van der Waals surface area contributed by atoms with Crippen LogP contribution in [0.25, 0.3) is 0 Å². The Balaban J connectivity index is 1.93. The molecule has 120 valence electrons. The van der Waals surface area contributed by atoms with Crippen molar-refractivity contribution in [1.82, 2.24) is 15.5 Å². The lowest BCUT2D eigenvalue weighted by Crippen LogP contribution is -2.43. The van der Waals surface area contributed by atoms with Crippen LogP contribution in [0.1, 0.15) is 71.2 Å². The zero-order valence-corrected chi connectivity index (χ0v) is 14.0. The highest BCUT2D eigenvalue weighted by atomic mass is 16.5. The third kappa shape index (κ3) is 4.27. The van der Waals surface area contributed by atoms with E-state index in [0.717, 1.165) is 0 Å². The van der Waals surface area contributed by atoms with Crippen LogP contribution in [0.2, 0.25) is 0 Å². The van der Waals surface area contributed by atoms with Gasteiger partial charge in [-0.25, -0.2) is 0 Å². The van der Waals surface area contributed by atoms with Gasteiger partial charge in [0, 0.05) is 13.2 Å². The van der Waals surface area contributed by atoms with Crippen LogP contribution in [-0.4, -0.2) is 23.3 Å². The molecule has 0 saturated heterocycles. The van der Waals surface area contributed by atoms with Crippen LogP contribution >= 0.6 is 0 Å². The Morgan fingerprint density at radius 3 is 2.71 bits per heavy atom. The summed E-state index contributed by atoms with van der Waals surface area (Å²) in [6.45, 7) is 9.56. The number of nitrogens with one attached hydrogen (secondary N) is 1. The lowest BCUT2D eigenvalue weighted by molar-refractivity contribution is 0.109. The van der Waals surface area contributed by atoms with Crippen molar-refractivity contribution in [3.63, 3.8) is 0 Å². The summed E-state index contributed by atoms with van der Waals surface area (Å²) in [5, 5.41) is 7.60. The number of hydrogen-bond acceptors (Lipinski definition) is 5. The van der Waals surface area contributed by atoms with Gasteiger partial charge in [-0.2, -0.15) is 4.98 Å². The summed E-state index contributed by atoms with van der Waals surface area (Å²) in [5.74, 6) is 1.96. The van der Waals surface area contributed by atoms with Crippen molar-refractivity contribution in [3.05, 3.63) is 11.7 Å². The Bertz CT molecular complexity index is 439. The molecule has 0 amide bonds. The van der Waals surface area contributed by atoms with Gasteiger partial charge in [0.25, 0.3) is 0 Å². The molecule has 1 aliphatic carbocycles. The van der Waals surface area contributed by atoms with Gasteiger partial charge in [0.15, 0.2) is 5.82 Å². The minimum absolute atomic E-state index is 0.125. The van der Waals surface area contributed by atoms with Crippen molar-refractivity contribution in [2.45, 2.75) is 72.1 Å².